The third-order valence-corrected chi connectivity index (χ3v) is 2.80. The van der Waals surface area contributed by atoms with Gasteiger partial charge in [-0.25, -0.2) is 0 Å². The summed E-state index contributed by atoms with van der Waals surface area (Å²) in [5.74, 6) is 1.73. The zero-order chi connectivity index (χ0) is 10.7. The minimum absolute atomic E-state index is 0.0335. The predicted molar refractivity (Wildman–Crippen MR) is 55.3 cm³/mol. The van der Waals surface area contributed by atoms with E-state index in [-0.39, 0.29) is 12.1 Å². The number of nitrogens with one attached hydrogen (secondary N) is 1. The van der Waals surface area contributed by atoms with E-state index in [1.807, 2.05) is 12.1 Å². The second-order valence-electron chi connectivity index (χ2n) is 4.09. The molecule has 0 unspecified atom stereocenters. The summed E-state index contributed by atoms with van der Waals surface area (Å²) < 4.78 is 10.5. The highest BCUT2D eigenvalue weighted by Crippen LogP contribution is 2.34. The first-order valence-corrected chi connectivity index (χ1v) is 5.20. The molecule has 0 radical (unpaired) electrons. The molecule has 0 atom stereocenters. The van der Waals surface area contributed by atoms with Crippen LogP contribution in [0.1, 0.15) is 24.4 Å². The summed E-state index contributed by atoms with van der Waals surface area (Å²) in [4.78, 5) is 0. The van der Waals surface area contributed by atoms with Crippen LogP contribution in [-0.4, -0.2) is 24.4 Å². The molecule has 2 rings (SSSR count). The van der Waals surface area contributed by atoms with Crippen LogP contribution >= 0.6 is 0 Å². The Morgan fingerprint density at radius 2 is 2.20 bits per heavy atom. The van der Waals surface area contributed by atoms with Crippen molar-refractivity contribution in [2.75, 3.05) is 13.7 Å². The molecule has 4 heteroatoms. The van der Waals surface area contributed by atoms with Crippen molar-refractivity contribution in [2.45, 2.75) is 31.5 Å². The fourth-order valence-electron chi connectivity index (χ4n) is 1.55. The minimum atomic E-state index is -0.0335. The van der Waals surface area contributed by atoms with Gasteiger partial charge in [-0.15, -0.1) is 0 Å². The molecule has 15 heavy (non-hydrogen) atoms. The van der Waals surface area contributed by atoms with Gasteiger partial charge < -0.3 is 19.6 Å². The molecule has 4 nitrogen and oxygen atoms in total. The van der Waals surface area contributed by atoms with Gasteiger partial charge in [-0.2, -0.15) is 0 Å². The van der Waals surface area contributed by atoms with Crippen LogP contribution in [0.5, 0.6) is 0 Å². The fraction of sp³-hybridized carbons (Fsp3) is 0.636. The van der Waals surface area contributed by atoms with Gasteiger partial charge in [-0.3, -0.25) is 0 Å². The zero-order valence-electron chi connectivity index (χ0n) is 8.95. The normalized spacial score (nSPS) is 18.0. The average Bonchev–Trinajstić information content (AvgIpc) is 2.91. The highest BCUT2D eigenvalue weighted by atomic mass is 16.5. The second-order valence-corrected chi connectivity index (χ2v) is 4.09. The van der Waals surface area contributed by atoms with Crippen LogP contribution in [-0.2, 0) is 17.9 Å². The first kappa shape index (κ1) is 10.7. The largest absolute Gasteiger partial charge is 0.462 e. The Kier molecular flexibility index (Phi) is 3.09. The summed E-state index contributed by atoms with van der Waals surface area (Å²) in [6.07, 6.45) is 2.10. The second kappa shape index (κ2) is 4.35. The van der Waals surface area contributed by atoms with E-state index < -0.39 is 0 Å². The van der Waals surface area contributed by atoms with Gasteiger partial charge in [0.25, 0.3) is 0 Å². The lowest BCUT2D eigenvalue weighted by molar-refractivity contribution is 0.161. The number of ether oxygens (including phenoxy) is 1. The molecule has 1 aliphatic rings. The lowest BCUT2D eigenvalue weighted by Gasteiger charge is -2.12. The summed E-state index contributed by atoms with van der Waals surface area (Å²) >= 11 is 0. The van der Waals surface area contributed by atoms with Gasteiger partial charge >= 0.3 is 0 Å². The number of rotatable bonds is 6. The number of aliphatic hydroxyl groups is 1. The Morgan fingerprint density at radius 3 is 2.80 bits per heavy atom. The van der Waals surface area contributed by atoms with E-state index in [9.17, 15) is 0 Å². The van der Waals surface area contributed by atoms with Crippen LogP contribution in [0, 0.1) is 0 Å². The first-order valence-electron chi connectivity index (χ1n) is 5.20. The Bertz CT molecular complexity index is 317. The van der Waals surface area contributed by atoms with Crippen molar-refractivity contribution in [1.29, 1.82) is 0 Å². The van der Waals surface area contributed by atoms with E-state index in [0.717, 1.165) is 24.4 Å². The summed E-state index contributed by atoms with van der Waals surface area (Å²) in [6.45, 7) is 1.38. The van der Waals surface area contributed by atoms with Gasteiger partial charge in [-0.1, -0.05) is 0 Å². The monoisotopic (exact) mass is 211 g/mol. The molecule has 0 bridgehead atoms. The molecule has 0 amide bonds. The molecule has 1 aromatic rings. The highest BCUT2D eigenvalue weighted by Gasteiger charge is 2.41. The Morgan fingerprint density at radius 1 is 1.47 bits per heavy atom. The molecule has 84 valence electrons. The van der Waals surface area contributed by atoms with Crippen LogP contribution in [0.2, 0.25) is 0 Å². The number of furan rings is 1. The summed E-state index contributed by atoms with van der Waals surface area (Å²) in [6, 6.07) is 3.85. The molecule has 1 fully saturated rings. The number of methoxy groups -OCH3 is 1. The number of aliphatic hydroxyl groups excluding tert-OH is 1. The summed E-state index contributed by atoms with van der Waals surface area (Å²) in [5, 5.41) is 12.4. The topological polar surface area (TPSA) is 54.6 Å². The van der Waals surface area contributed by atoms with Crippen molar-refractivity contribution in [2.24, 2.45) is 0 Å². The third-order valence-electron chi connectivity index (χ3n) is 2.80. The maximum absolute atomic E-state index is 9.11. The van der Waals surface area contributed by atoms with Crippen LogP contribution in [0.4, 0.5) is 0 Å². The van der Waals surface area contributed by atoms with Gasteiger partial charge in [0.1, 0.15) is 18.1 Å². The van der Waals surface area contributed by atoms with E-state index in [2.05, 4.69) is 5.32 Å². The maximum Gasteiger partial charge on any atom is 0.129 e. The van der Waals surface area contributed by atoms with Gasteiger partial charge in [0, 0.05) is 12.6 Å². The molecular formula is C11H17NO3. The van der Waals surface area contributed by atoms with Gasteiger partial charge in [0.05, 0.1) is 13.2 Å². The number of hydrogen-bond donors (Lipinski definition) is 2. The standard InChI is InChI=1S/C11H17NO3/c1-14-7-10-3-2-9(15-10)6-12-11(8-13)4-5-11/h2-3,12-13H,4-8H2,1H3. The van der Waals surface area contributed by atoms with Crippen molar-refractivity contribution in [3.05, 3.63) is 23.7 Å². The fourth-order valence-corrected chi connectivity index (χ4v) is 1.55. The Balaban J connectivity index is 1.83. The van der Waals surface area contributed by atoms with E-state index in [1.54, 1.807) is 7.11 Å². The van der Waals surface area contributed by atoms with E-state index in [4.69, 9.17) is 14.3 Å². The lowest BCUT2D eigenvalue weighted by atomic mass is 10.3. The highest BCUT2D eigenvalue weighted by molar-refractivity contribution is 5.09. The molecule has 2 N–H and O–H groups in total. The molecule has 1 heterocycles. The molecule has 0 aliphatic heterocycles. The van der Waals surface area contributed by atoms with Crippen LogP contribution in [0.25, 0.3) is 0 Å². The van der Waals surface area contributed by atoms with Crippen LogP contribution in [0.3, 0.4) is 0 Å². The van der Waals surface area contributed by atoms with E-state index in [0.29, 0.717) is 13.2 Å². The van der Waals surface area contributed by atoms with Crippen molar-refractivity contribution in [3.8, 4) is 0 Å². The predicted octanol–water partition coefficient (Wildman–Crippen LogP) is 1.04. The molecule has 1 aromatic heterocycles. The van der Waals surface area contributed by atoms with Crippen molar-refractivity contribution in [1.82, 2.24) is 5.32 Å². The van der Waals surface area contributed by atoms with Crippen LogP contribution in [0.15, 0.2) is 16.5 Å². The van der Waals surface area contributed by atoms with Crippen molar-refractivity contribution >= 4 is 0 Å². The Hall–Kier alpha value is -0.840. The third kappa shape index (κ3) is 2.59. The molecule has 0 spiro atoms. The SMILES string of the molecule is COCc1ccc(CNC2(CO)CC2)o1. The quantitative estimate of drug-likeness (QED) is 0.738. The maximum atomic E-state index is 9.11. The number of hydrogen-bond acceptors (Lipinski definition) is 4. The summed E-state index contributed by atoms with van der Waals surface area (Å²) in [7, 11) is 1.64. The minimum Gasteiger partial charge on any atom is -0.462 e. The molecule has 0 saturated heterocycles. The molecular weight excluding hydrogens is 194 g/mol. The van der Waals surface area contributed by atoms with E-state index in [1.165, 1.54) is 0 Å². The molecule has 1 saturated carbocycles. The van der Waals surface area contributed by atoms with Gasteiger partial charge in [-0.05, 0) is 25.0 Å². The van der Waals surface area contributed by atoms with Crippen molar-refractivity contribution in [3.63, 3.8) is 0 Å². The zero-order valence-corrected chi connectivity index (χ0v) is 8.95. The van der Waals surface area contributed by atoms with Crippen LogP contribution < -0.4 is 5.32 Å². The Labute approximate surface area is 89.2 Å². The van der Waals surface area contributed by atoms with Crippen molar-refractivity contribution < 1.29 is 14.3 Å². The first-order chi connectivity index (χ1) is 7.28. The van der Waals surface area contributed by atoms with E-state index >= 15 is 0 Å². The molecule has 1 aliphatic carbocycles. The smallest absolute Gasteiger partial charge is 0.129 e. The lowest BCUT2D eigenvalue weighted by Crippen LogP contribution is -2.33. The van der Waals surface area contributed by atoms with Gasteiger partial charge in [0.15, 0.2) is 0 Å². The summed E-state index contributed by atoms with van der Waals surface area (Å²) in [5.41, 5.74) is -0.0335. The van der Waals surface area contributed by atoms with Gasteiger partial charge in [0.2, 0.25) is 0 Å². The average molecular weight is 211 g/mol. The molecule has 0 aromatic carbocycles.